The van der Waals surface area contributed by atoms with E-state index in [9.17, 15) is 4.79 Å². The van der Waals surface area contributed by atoms with E-state index in [0.29, 0.717) is 19.8 Å². The number of anilines is 1. The summed E-state index contributed by atoms with van der Waals surface area (Å²) in [5.41, 5.74) is 2.95. The molecule has 1 aliphatic rings. The number of ether oxygens (including phenoxy) is 2. The zero-order valence-electron chi connectivity index (χ0n) is 12.2. The molecule has 110 valence electrons. The zero-order valence-corrected chi connectivity index (χ0v) is 12.2. The van der Waals surface area contributed by atoms with Crippen molar-refractivity contribution in [2.75, 3.05) is 25.1 Å². The molecule has 0 saturated carbocycles. The molecule has 2 amide bonds. The van der Waals surface area contributed by atoms with Crippen molar-refractivity contribution >= 4 is 11.7 Å². The fraction of sp³-hybridized carbons (Fsp3) is 0.533. The van der Waals surface area contributed by atoms with E-state index in [1.165, 1.54) is 0 Å². The van der Waals surface area contributed by atoms with E-state index >= 15 is 0 Å². The molecule has 2 atom stereocenters. The maximum Gasteiger partial charge on any atom is 0.319 e. The van der Waals surface area contributed by atoms with Crippen LogP contribution in [0.25, 0.3) is 0 Å². The number of rotatable bonds is 4. The van der Waals surface area contributed by atoms with Gasteiger partial charge in [-0.3, -0.25) is 0 Å². The van der Waals surface area contributed by atoms with Crippen molar-refractivity contribution in [1.82, 2.24) is 5.32 Å². The van der Waals surface area contributed by atoms with Crippen LogP contribution in [0.5, 0.6) is 0 Å². The van der Waals surface area contributed by atoms with Gasteiger partial charge in [0.1, 0.15) is 6.10 Å². The van der Waals surface area contributed by atoms with Crippen LogP contribution in [0.1, 0.15) is 18.1 Å². The number of nitrogens with one attached hydrogen (secondary N) is 2. The second-order valence-corrected chi connectivity index (χ2v) is 5.00. The molecule has 20 heavy (non-hydrogen) atoms. The molecule has 0 aromatic heterocycles. The number of carbonyl (C=O) groups is 1. The van der Waals surface area contributed by atoms with E-state index in [4.69, 9.17) is 9.47 Å². The standard InChI is InChI=1S/C15H22N2O3/c1-4-20-13-9-19-8-12(13)16-15(18)17-14-10(2)6-5-7-11(14)3/h5-7,12-13H,4,8-9H2,1-3H3,(H2,16,17,18)/t12-,13-/m0/s1. The van der Waals surface area contributed by atoms with E-state index < -0.39 is 0 Å². The van der Waals surface area contributed by atoms with E-state index in [-0.39, 0.29) is 18.2 Å². The van der Waals surface area contributed by atoms with Gasteiger partial charge in [0, 0.05) is 12.3 Å². The van der Waals surface area contributed by atoms with Crippen LogP contribution in [-0.2, 0) is 9.47 Å². The first-order valence-electron chi connectivity index (χ1n) is 6.95. The number of carbonyl (C=O) groups excluding carboxylic acids is 1. The number of amides is 2. The molecule has 1 aliphatic heterocycles. The van der Waals surface area contributed by atoms with Gasteiger partial charge in [0.15, 0.2) is 0 Å². The highest BCUT2D eigenvalue weighted by atomic mass is 16.5. The maximum atomic E-state index is 12.1. The number of para-hydroxylation sites is 1. The summed E-state index contributed by atoms with van der Waals surface area (Å²) in [5.74, 6) is 0. The first-order valence-corrected chi connectivity index (χ1v) is 6.95. The van der Waals surface area contributed by atoms with Crippen molar-refractivity contribution in [2.45, 2.75) is 32.9 Å². The van der Waals surface area contributed by atoms with Crippen LogP contribution in [0.2, 0.25) is 0 Å². The summed E-state index contributed by atoms with van der Waals surface area (Å²) in [4.78, 5) is 12.1. The SMILES string of the molecule is CCO[C@H]1COC[C@@H]1NC(=O)Nc1c(C)cccc1C. The van der Waals surface area contributed by atoms with Gasteiger partial charge in [-0.15, -0.1) is 0 Å². The van der Waals surface area contributed by atoms with E-state index in [0.717, 1.165) is 16.8 Å². The smallest absolute Gasteiger partial charge is 0.319 e. The van der Waals surface area contributed by atoms with Gasteiger partial charge in [-0.25, -0.2) is 4.79 Å². The minimum atomic E-state index is -0.220. The molecule has 1 heterocycles. The van der Waals surface area contributed by atoms with Crippen LogP contribution in [-0.4, -0.2) is 38.0 Å². The van der Waals surface area contributed by atoms with Gasteiger partial charge < -0.3 is 20.1 Å². The predicted molar refractivity (Wildman–Crippen MR) is 78.1 cm³/mol. The summed E-state index contributed by atoms with van der Waals surface area (Å²) < 4.78 is 10.9. The molecule has 1 saturated heterocycles. The lowest BCUT2D eigenvalue weighted by Crippen LogP contribution is -2.45. The van der Waals surface area contributed by atoms with E-state index in [1.54, 1.807) is 0 Å². The van der Waals surface area contributed by atoms with Gasteiger partial charge in [0.2, 0.25) is 0 Å². The third-order valence-electron chi connectivity index (χ3n) is 3.45. The summed E-state index contributed by atoms with van der Waals surface area (Å²) in [6.07, 6.45) is -0.0660. The van der Waals surface area contributed by atoms with Crippen LogP contribution in [0, 0.1) is 13.8 Å². The molecule has 2 rings (SSSR count). The molecule has 0 radical (unpaired) electrons. The molecule has 0 unspecified atom stereocenters. The Labute approximate surface area is 119 Å². The summed E-state index contributed by atoms with van der Waals surface area (Å²) in [6.45, 7) is 7.53. The molecule has 0 aliphatic carbocycles. The minimum absolute atomic E-state index is 0.0660. The van der Waals surface area contributed by atoms with Gasteiger partial charge in [-0.2, -0.15) is 0 Å². The fourth-order valence-corrected chi connectivity index (χ4v) is 2.38. The van der Waals surface area contributed by atoms with Gasteiger partial charge in [-0.05, 0) is 31.9 Å². The second-order valence-electron chi connectivity index (χ2n) is 5.00. The minimum Gasteiger partial charge on any atom is -0.376 e. The van der Waals surface area contributed by atoms with Gasteiger partial charge in [0.05, 0.1) is 19.3 Å². The zero-order chi connectivity index (χ0) is 14.5. The monoisotopic (exact) mass is 278 g/mol. The average Bonchev–Trinajstić information content (AvgIpc) is 2.82. The first-order chi connectivity index (χ1) is 9.61. The van der Waals surface area contributed by atoms with Crippen molar-refractivity contribution < 1.29 is 14.3 Å². The normalized spacial score (nSPS) is 21.8. The number of hydrogen-bond acceptors (Lipinski definition) is 3. The fourth-order valence-electron chi connectivity index (χ4n) is 2.38. The third-order valence-corrected chi connectivity index (χ3v) is 3.45. The Morgan fingerprint density at radius 2 is 2.05 bits per heavy atom. The summed E-state index contributed by atoms with van der Waals surface area (Å²) in [6, 6.07) is 5.61. The van der Waals surface area contributed by atoms with Crippen LogP contribution < -0.4 is 10.6 Å². The Hall–Kier alpha value is -1.59. The van der Waals surface area contributed by atoms with Crippen molar-refractivity contribution in [1.29, 1.82) is 0 Å². The lowest BCUT2D eigenvalue weighted by atomic mass is 10.1. The van der Waals surface area contributed by atoms with Crippen LogP contribution >= 0.6 is 0 Å². The molecule has 5 heteroatoms. The van der Waals surface area contributed by atoms with Crippen LogP contribution in [0.4, 0.5) is 10.5 Å². The molecule has 1 aromatic rings. The lowest BCUT2D eigenvalue weighted by molar-refractivity contribution is 0.0428. The van der Waals surface area contributed by atoms with Crippen molar-refractivity contribution in [3.8, 4) is 0 Å². The molecule has 0 bridgehead atoms. The molecular formula is C15H22N2O3. The summed E-state index contributed by atoms with van der Waals surface area (Å²) >= 11 is 0. The van der Waals surface area contributed by atoms with Gasteiger partial charge in [0.25, 0.3) is 0 Å². The Bertz CT molecular complexity index is 456. The van der Waals surface area contributed by atoms with Gasteiger partial charge >= 0.3 is 6.03 Å². The topological polar surface area (TPSA) is 59.6 Å². The highest BCUT2D eigenvalue weighted by Crippen LogP contribution is 2.19. The highest BCUT2D eigenvalue weighted by Gasteiger charge is 2.30. The Kier molecular flexibility index (Phi) is 4.98. The molecule has 2 N–H and O–H groups in total. The largest absolute Gasteiger partial charge is 0.376 e. The van der Waals surface area contributed by atoms with Crippen molar-refractivity contribution in [2.24, 2.45) is 0 Å². The summed E-state index contributed by atoms with van der Waals surface area (Å²) in [5, 5.41) is 5.82. The maximum absolute atomic E-state index is 12.1. The molecule has 0 spiro atoms. The predicted octanol–water partition coefficient (Wildman–Crippen LogP) is 2.23. The number of aryl methyl sites for hydroxylation is 2. The lowest BCUT2D eigenvalue weighted by Gasteiger charge is -2.20. The van der Waals surface area contributed by atoms with Gasteiger partial charge in [-0.1, -0.05) is 18.2 Å². The highest BCUT2D eigenvalue weighted by molar-refractivity contribution is 5.91. The Balaban J connectivity index is 1.95. The van der Waals surface area contributed by atoms with Crippen LogP contribution in [0.15, 0.2) is 18.2 Å². The molecule has 1 aromatic carbocycles. The first kappa shape index (κ1) is 14.8. The number of benzene rings is 1. The Morgan fingerprint density at radius 3 is 2.70 bits per heavy atom. The van der Waals surface area contributed by atoms with Crippen molar-refractivity contribution in [3.05, 3.63) is 29.3 Å². The van der Waals surface area contributed by atoms with Crippen molar-refractivity contribution in [3.63, 3.8) is 0 Å². The summed E-state index contributed by atoms with van der Waals surface area (Å²) in [7, 11) is 0. The molecular weight excluding hydrogens is 256 g/mol. The number of urea groups is 1. The van der Waals surface area contributed by atoms with E-state index in [1.807, 2.05) is 39.0 Å². The average molecular weight is 278 g/mol. The Morgan fingerprint density at radius 1 is 1.35 bits per heavy atom. The molecule has 5 nitrogen and oxygen atoms in total. The second kappa shape index (κ2) is 6.72. The quantitative estimate of drug-likeness (QED) is 0.888. The van der Waals surface area contributed by atoms with Crippen LogP contribution in [0.3, 0.4) is 0 Å². The number of hydrogen-bond donors (Lipinski definition) is 2. The molecule has 1 fully saturated rings. The van der Waals surface area contributed by atoms with E-state index in [2.05, 4.69) is 10.6 Å². The third kappa shape index (κ3) is 3.49.